The first-order valence-corrected chi connectivity index (χ1v) is 5.44. The Bertz CT molecular complexity index is 693. The van der Waals surface area contributed by atoms with Crippen molar-refractivity contribution in [2.75, 3.05) is 5.73 Å². The summed E-state index contributed by atoms with van der Waals surface area (Å²) in [5.74, 6) is 0. The number of anilines is 1. The second-order valence-corrected chi connectivity index (χ2v) is 4.33. The van der Waals surface area contributed by atoms with E-state index in [1.165, 1.54) is 27.4 Å². The fraction of sp³-hybridized carbons (Fsp3) is 0.143. The Morgan fingerprint density at radius 1 is 1.12 bits per heavy atom. The number of para-hydroxylation sites is 1. The lowest BCUT2D eigenvalue weighted by atomic mass is 10.0. The molecule has 0 bridgehead atoms. The summed E-state index contributed by atoms with van der Waals surface area (Å²) in [5.41, 5.74) is 11.6. The molecule has 80 valence electrons. The predicted octanol–water partition coefficient (Wildman–Crippen LogP) is 3.52. The number of nitrogens with one attached hydrogen (secondary N) is 1. The Kier molecular flexibility index (Phi) is 1.75. The van der Waals surface area contributed by atoms with Crippen LogP contribution in [0.2, 0.25) is 0 Å². The average molecular weight is 210 g/mol. The molecule has 3 rings (SSSR count). The number of hydrogen-bond donors (Lipinski definition) is 2. The summed E-state index contributed by atoms with van der Waals surface area (Å²) in [6.45, 7) is 4.17. The van der Waals surface area contributed by atoms with E-state index in [-0.39, 0.29) is 0 Å². The fourth-order valence-electron chi connectivity index (χ4n) is 2.39. The third-order valence-electron chi connectivity index (χ3n) is 3.28. The van der Waals surface area contributed by atoms with Crippen molar-refractivity contribution in [1.82, 2.24) is 4.98 Å². The van der Waals surface area contributed by atoms with Crippen LogP contribution in [0.1, 0.15) is 11.1 Å². The largest absolute Gasteiger partial charge is 0.398 e. The first-order chi connectivity index (χ1) is 7.68. The molecule has 0 spiro atoms. The van der Waals surface area contributed by atoms with E-state index in [4.69, 9.17) is 5.73 Å². The highest BCUT2D eigenvalue weighted by molar-refractivity contribution is 6.10. The summed E-state index contributed by atoms with van der Waals surface area (Å²) in [7, 11) is 0. The Hall–Kier alpha value is -1.96. The van der Waals surface area contributed by atoms with Crippen molar-refractivity contribution < 1.29 is 0 Å². The highest BCUT2D eigenvalue weighted by Gasteiger charge is 2.10. The highest BCUT2D eigenvalue weighted by atomic mass is 14.7. The van der Waals surface area contributed by atoms with Gasteiger partial charge in [-0.1, -0.05) is 18.2 Å². The summed E-state index contributed by atoms with van der Waals surface area (Å²) in [4.78, 5) is 3.45. The molecule has 0 radical (unpaired) electrons. The van der Waals surface area contributed by atoms with Gasteiger partial charge in [0, 0.05) is 22.0 Å². The van der Waals surface area contributed by atoms with Gasteiger partial charge < -0.3 is 10.7 Å². The number of hydrogen-bond acceptors (Lipinski definition) is 1. The van der Waals surface area contributed by atoms with Crippen LogP contribution in [0.5, 0.6) is 0 Å². The zero-order valence-corrected chi connectivity index (χ0v) is 9.46. The maximum Gasteiger partial charge on any atom is 0.0517 e. The van der Waals surface area contributed by atoms with Crippen LogP contribution >= 0.6 is 0 Å². The van der Waals surface area contributed by atoms with Gasteiger partial charge in [0.05, 0.1) is 5.52 Å². The second-order valence-electron chi connectivity index (χ2n) is 4.33. The molecule has 2 nitrogen and oxygen atoms in total. The lowest BCUT2D eigenvalue weighted by molar-refractivity contribution is 1.42. The van der Waals surface area contributed by atoms with Crippen molar-refractivity contribution in [2.24, 2.45) is 0 Å². The van der Waals surface area contributed by atoms with Crippen LogP contribution in [0.3, 0.4) is 0 Å². The zero-order valence-electron chi connectivity index (χ0n) is 9.46. The van der Waals surface area contributed by atoms with Crippen LogP contribution in [0.25, 0.3) is 21.8 Å². The molecule has 1 heterocycles. The molecule has 3 N–H and O–H groups in total. The van der Waals surface area contributed by atoms with E-state index in [9.17, 15) is 0 Å². The maximum atomic E-state index is 5.99. The van der Waals surface area contributed by atoms with Crippen LogP contribution in [0, 0.1) is 13.8 Å². The number of nitrogens with two attached hydrogens (primary N) is 1. The lowest BCUT2D eigenvalue weighted by Crippen LogP contribution is -1.91. The van der Waals surface area contributed by atoms with Gasteiger partial charge in [0.25, 0.3) is 0 Å². The molecule has 1 aromatic heterocycles. The second kappa shape index (κ2) is 3.01. The summed E-state index contributed by atoms with van der Waals surface area (Å²) in [5, 5.41) is 2.57. The van der Waals surface area contributed by atoms with Gasteiger partial charge in [-0.15, -0.1) is 0 Å². The molecule has 0 aliphatic rings. The molecule has 0 saturated carbocycles. The van der Waals surface area contributed by atoms with Gasteiger partial charge in [0.1, 0.15) is 0 Å². The third-order valence-corrected chi connectivity index (χ3v) is 3.28. The van der Waals surface area contributed by atoms with Crippen LogP contribution in [-0.4, -0.2) is 4.98 Å². The molecule has 0 atom stereocenters. The molecular formula is C14H14N2. The molecule has 0 aliphatic heterocycles. The minimum atomic E-state index is 0.858. The van der Waals surface area contributed by atoms with Crippen molar-refractivity contribution in [3.63, 3.8) is 0 Å². The zero-order chi connectivity index (χ0) is 11.3. The van der Waals surface area contributed by atoms with Gasteiger partial charge in [-0.05, 0) is 37.1 Å². The van der Waals surface area contributed by atoms with E-state index in [1.54, 1.807) is 0 Å². The minimum Gasteiger partial charge on any atom is -0.398 e. The molecule has 3 aromatic rings. The Morgan fingerprint density at radius 2 is 1.88 bits per heavy atom. The van der Waals surface area contributed by atoms with Gasteiger partial charge in [-0.2, -0.15) is 0 Å². The van der Waals surface area contributed by atoms with Gasteiger partial charge in [-0.3, -0.25) is 0 Å². The normalized spacial score (nSPS) is 11.4. The monoisotopic (exact) mass is 210 g/mol. The van der Waals surface area contributed by atoms with E-state index in [2.05, 4.69) is 43.1 Å². The molecule has 0 amide bonds. The standard InChI is InChI=1S/C14H14N2/c1-8-7-11(15)9(2)14-13(8)10-5-3-4-6-12(10)16-14/h3-7,16H,15H2,1-2H3. The summed E-state index contributed by atoms with van der Waals surface area (Å²) in [6, 6.07) is 10.4. The van der Waals surface area contributed by atoms with E-state index >= 15 is 0 Å². The Labute approximate surface area is 94.1 Å². The molecule has 0 unspecified atom stereocenters. The highest BCUT2D eigenvalue weighted by Crippen LogP contribution is 2.32. The van der Waals surface area contributed by atoms with Gasteiger partial charge in [-0.25, -0.2) is 0 Å². The number of fused-ring (bicyclic) bond motifs is 3. The molecule has 0 fully saturated rings. The van der Waals surface area contributed by atoms with Crippen LogP contribution in [-0.2, 0) is 0 Å². The van der Waals surface area contributed by atoms with Crippen molar-refractivity contribution >= 4 is 27.5 Å². The van der Waals surface area contributed by atoms with Gasteiger partial charge >= 0.3 is 0 Å². The predicted molar refractivity (Wildman–Crippen MR) is 69.7 cm³/mol. The lowest BCUT2D eigenvalue weighted by Gasteiger charge is -2.04. The first kappa shape index (κ1) is 9.28. The number of aromatic nitrogens is 1. The van der Waals surface area contributed by atoms with Gasteiger partial charge in [0.2, 0.25) is 0 Å². The van der Waals surface area contributed by atoms with Crippen molar-refractivity contribution in [3.8, 4) is 0 Å². The van der Waals surface area contributed by atoms with Crippen LogP contribution < -0.4 is 5.73 Å². The van der Waals surface area contributed by atoms with E-state index in [1.807, 2.05) is 6.07 Å². The minimum absolute atomic E-state index is 0.858. The Morgan fingerprint density at radius 3 is 2.69 bits per heavy atom. The summed E-state index contributed by atoms with van der Waals surface area (Å²) < 4.78 is 0. The molecule has 2 aromatic carbocycles. The number of nitrogen functional groups attached to an aromatic ring is 1. The molecule has 16 heavy (non-hydrogen) atoms. The van der Waals surface area contributed by atoms with E-state index in [0.29, 0.717) is 0 Å². The topological polar surface area (TPSA) is 41.8 Å². The van der Waals surface area contributed by atoms with Crippen molar-refractivity contribution in [3.05, 3.63) is 41.5 Å². The van der Waals surface area contributed by atoms with Crippen LogP contribution in [0.15, 0.2) is 30.3 Å². The molecule has 0 saturated heterocycles. The van der Waals surface area contributed by atoms with E-state index < -0.39 is 0 Å². The van der Waals surface area contributed by atoms with Gasteiger partial charge in [0.15, 0.2) is 0 Å². The third kappa shape index (κ3) is 1.07. The number of aryl methyl sites for hydroxylation is 2. The number of aromatic amines is 1. The average Bonchev–Trinajstić information content (AvgIpc) is 2.65. The smallest absolute Gasteiger partial charge is 0.0517 e. The van der Waals surface area contributed by atoms with Crippen LogP contribution in [0.4, 0.5) is 5.69 Å². The number of H-pyrrole nitrogens is 1. The summed E-state index contributed by atoms with van der Waals surface area (Å²) in [6.07, 6.45) is 0. The van der Waals surface area contributed by atoms with Crippen molar-refractivity contribution in [2.45, 2.75) is 13.8 Å². The van der Waals surface area contributed by atoms with Crippen molar-refractivity contribution in [1.29, 1.82) is 0 Å². The molecular weight excluding hydrogens is 196 g/mol. The van der Waals surface area contributed by atoms with E-state index in [0.717, 1.165) is 11.3 Å². The maximum absolute atomic E-state index is 5.99. The number of rotatable bonds is 0. The number of benzene rings is 2. The Balaban J connectivity index is 2.64. The quantitative estimate of drug-likeness (QED) is 0.548. The molecule has 0 aliphatic carbocycles. The fourth-order valence-corrected chi connectivity index (χ4v) is 2.39. The SMILES string of the molecule is Cc1c(N)cc(C)c2c1[nH]c1ccccc12. The molecule has 2 heteroatoms. The summed E-state index contributed by atoms with van der Waals surface area (Å²) >= 11 is 0. The first-order valence-electron chi connectivity index (χ1n) is 5.44.